The fraction of sp³-hybridized carbons (Fsp3) is 0.692. The van der Waals surface area contributed by atoms with E-state index in [0.717, 1.165) is 6.54 Å². The van der Waals surface area contributed by atoms with Crippen LogP contribution in [0.3, 0.4) is 0 Å². The van der Waals surface area contributed by atoms with Gasteiger partial charge in [0.25, 0.3) is 0 Å². The first kappa shape index (κ1) is 11.7. The summed E-state index contributed by atoms with van der Waals surface area (Å²) in [6.45, 7) is 7.72. The van der Waals surface area contributed by atoms with Crippen molar-refractivity contribution in [2.45, 2.75) is 39.7 Å². The van der Waals surface area contributed by atoms with E-state index in [1.165, 1.54) is 49.3 Å². The van der Waals surface area contributed by atoms with E-state index >= 15 is 0 Å². The Morgan fingerprint density at radius 1 is 1.19 bits per heavy atom. The topological polar surface area (TPSA) is 20.2 Å². The molecule has 3 heteroatoms. The van der Waals surface area contributed by atoms with Crippen LogP contribution in [-0.4, -0.2) is 22.7 Å². The van der Waals surface area contributed by atoms with E-state index in [1.54, 1.807) is 0 Å². The Kier molecular flexibility index (Phi) is 3.66. The molecule has 0 atom stereocenters. The van der Waals surface area contributed by atoms with Gasteiger partial charge in [-0.1, -0.05) is 6.42 Å². The number of aryl methyl sites for hydroxylation is 1. The predicted molar refractivity (Wildman–Crippen MR) is 67.2 cm³/mol. The fourth-order valence-electron chi connectivity index (χ4n) is 2.36. The van der Waals surface area contributed by atoms with Gasteiger partial charge < -0.3 is 4.57 Å². The van der Waals surface area contributed by atoms with Crippen molar-refractivity contribution < 1.29 is 0 Å². The lowest BCUT2D eigenvalue weighted by atomic mass is 10.2. The van der Waals surface area contributed by atoms with E-state index in [9.17, 15) is 0 Å². The predicted octanol–water partition coefficient (Wildman–Crippen LogP) is 2.13. The molecule has 1 aromatic rings. The van der Waals surface area contributed by atoms with Gasteiger partial charge in [0.2, 0.25) is 0 Å². The highest BCUT2D eigenvalue weighted by molar-refractivity contribution is 5.25. The van der Waals surface area contributed by atoms with Crippen LogP contribution in [0.25, 0.3) is 0 Å². The Labute approximate surface area is 98.4 Å². The molecule has 1 N–H and O–H groups in total. The second-order valence-corrected chi connectivity index (χ2v) is 4.84. The Hall–Kier alpha value is -0.800. The molecule has 1 aliphatic heterocycles. The molecular formula is C13H23N3. The zero-order valence-electron chi connectivity index (χ0n) is 10.7. The van der Waals surface area contributed by atoms with Gasteiger partial charge in [-0.2, -0.15) is 0 Å². The van der Waals surface area contributed by atoms with Gasteiger partial charge in [0.15, 0.2) is 0 Å². The first-order chi connectivity index (χ1) is 7.68. The summed E-state index contributed by atoms with van der Waals surface area (Å²) in [6.07, 6.45) is 4.06. The molecule has 0 saturated carbocycles. The minimum Gasteiger partial charge on any atom is -0.352 e. The highest BCUT2D eigenvalue weighted by Gasteiger charge is 2.11. The van der Waals surface area contributed by atoms with Crippen molar-refractivity contribution in [2.75, 3.05) is 13.1 Å². The first-order valence-corrected chi connectivity index (χ1v) is 6.28. The van der Waals surface area contributed by atoms with Crippen molar-refractivity contribution in [3.8, 4) is 0 Å². The molecule has 2 rings (SSSR count). The molecule has 90 valence electrons. The van der Waals surface area contributed by atoms with E-state index in [0.29, 0.717) is 0 Å². The second kappa shape index (κ2) is 5.02. The summed E-state index contributed by atoms with van der Waals surface area (Å²) in [7, 11) is 2.13. The molecule has 16 heavy (non-hydrogen) atoms. The van der Waals surface area contributed by atoms with E-state index in [-0.39, 0.29) is 0 Å². The number of piperidine rings is 1. The second-order valence-electron chi connectivity index (χ2n) is 4.84. The third kappa shape index (κ3) is 2.47. The molecule has 0 amide bonds. The molecular weight excluding hydrogens is 198 g/mol. The normalized spacial score (nSPS) is 17.9. The Bertz CT molecular complexity index is 348. The molecule has 1 aliphatic rings. The number of hydrogen-bond donors (Lipinski definition) is 1. The summed E-state index contributed by atoms with van der Waals surface area (Å²) in [5, 5.41) is 2.37. The number of rotatable bonds is 3. The van der Waals surface area contributed by atoms with E-state index in [2.05, 4.69) is 42.0 Å². The van der Waals surface area contributed by atoms with Crippen LogP contribution in [0.2, 0.25) is 0 Å². The van der Waals surface area contributed by atoms with Gasteiger partial charge in [0, 0.05) is 38.1 Å². The fourth-order valence-corrected chi connectivity index (χ4v) is 2.36. The lowest BCUT2D eigenvalue weighted by molar-refractivity contribution is 0.151. The minimum atomic E-state index is 0.966. The molecule has 0 bridgehead atoms. The molecule has 0 aromatic carbocycles. The van der Waals surface area contributed by atoms with Gasteiger partial charge in [-0.05, 0) is 38.3 Å². The third-order valence-electron chi connectivity index (χ3n) is 3.73. The van der Waals surface area contributed by atoms with Crippen LogP contribution in [-0.2, 0) is 13.6 Å². The van der Waals surface area contributed by atoms with Crippen LogP contribution in [0.4, 0.5) is 0 Å². The maximum absolute atomic E-state index is 3.54. The van der Waals surface area contributed by atoms with E-state index in [4.69, 9.17) is 0 Å². The molecule has 0 unspecified atom stereocenters. The Morgan fingerprint density at radius 2 is 1.88 bits per heavy atom. The summed E-state index contributed by atoms with van der Waals surface area (Å²) in [6, 6.07) is 2.28. The first-order valence-electron chi connectivity index (χ1n) is 6.28. The lowest BCUT2D eigenvalue weighted by Gasteiger charge is -2.27. The maximum Gasteiger partial charge on any atom is 0.0371 e. The third-order valence-corrected chi connectivity index (χ3v) is 3.73. The summed E-state index contributed by atoms with van der Waals surface area (Å²) in [5.41, 5.74) is 7.68. The van der Waals surface area contributed by atoms with Crippen LogP contribution in [0, 0.1) is 13.8 Å². The molecule has 1 aromatic heterocycles. The highest BCUT2D eigenvalue weighted by Crippen LogP contribution is 2.13. The number of nitrogens with zero attached hydrogens (tertiary/aromatic N) is 2. The van der Waals surface area contributed by atoms with E-state index < -0.39 is 0 Å². The average molecular weight is 221 g/mol. The zero-order valence-corrected chi connectivity index (χ0v) is 10.7. The van der Waals surface area contributed by atoms with Crippen LogP contribution in [0.5, 0.6) is 0 Å². The molecule has 0 aliphatic carbocycles. The Balaban J connectivity index is 1.91. The van der Waals surface area contributed by atoms with Crippen LogP contribution >= 0.6 is 0 Å². The van der Waals surface area contributed by atoms with Crippen LogP contribution < -0.4 is 5.43 Å². The molecule has 1 fully saturated rings. The largest absolute Gasteiger partial charge is 0.352 e. The van der Waals surface area contributed by atoms with Gasteiger partial charge in [-0.3, -0.25) is 5.43 Å². The van der Waals surface area contributed by atoms with Crippen molar-refractivity contribution in [3.63, 3.8) is 0 Å². The van der Waals surface area contributed by atoms with Gasteiger partial charge in [-0.15, -0.1) is 0 Å². The van der Waals surface area contributed by atoms with Gasteiger partial charge >= 0.3 is 0 Å². The SMILES string of the molecule is Cc1cc(CNN2CCCCC2)c(C)n1C. The van der Waals surface area contributed by atoms with Crippen molar-refractivity contribution in [1.29, 1.82) is 0 Å². The molecule has 0 spiro atoms. The van der Waals surface area contributed by atoms with E-state index in [1.807, 2.05) is 0 Å². The maximum atomic E-state index is 3.54. The summed E-state index contributed by atoms with van der Waals surface area (Å²) < 4.78 is 2.26. The summed E-state index contributed by atoms with van der Waals surface area (Å²) >= 11 is 0. The van der Waals surface area contributed by atoms with Crippen LogP contribution in [0.15, 0.2) is 6.07 Å². The van der Waals surface area contributed by atoms with Crippen molar-refractivity contribution in [2.24, 2.45) is 7.05 Å². The number of hydrazine groups is 1. The monoisotopic (exact) mass is 221 g/mol. The summed E-state index contributed by atoms with van der Waals surface area (Å²) in [5.74, 6) is 0. The molecule has 1 saturated heterocycles. The van der Waals surface area contributed by atoms with Crippen LogP contribution in [0.1, 0.15) is 36.2 Å². The van der Waals surface area contributed by atoms with Crippen molar-refractivity contribution >= 4 is 0 Å². The number of nitrogens with one attached hydrogen (secondary N) is 1. The highest BCUT2D eigenvalue weighted by atomic mass is 15.5. The standard InChI is InChI=1S/C13H23N3/c1-11-9-13(12(2)15(11)3)10-14-16-7-5-4-6-8-16/h9,14H,4-8,10H2,1-3H3. The minimum absolute atomic E-state index is 0.966. The number of aromatic nitrogens is 1. The van der Waals surface area contributed by atoms with Crippen molar-refractivity contribution in [1.82, 2.24) is 15.0 Å². The average Bonchev–Trinajstić information content (AvgIpc) is 2.56. The Morgan fingerprint density at radius 3 is 2.44 bits per heavy atom. The lowest BCUT2D eigenvalue weighted by Crippen LogP contribution is -2.41. The molecule has 2 heterocycles. The number of hydrogen-bond acceptors (Lipinski definition) is 2. The zero-order chi connectivity index (χ0) is 11.5. The summed E-state index contributed by atoms with van der Waals surface area (Å²) in [4.78, 5) is 0. The molecule has 0 radical (unpaired) electrons. The van der Waals surface area contributed by atoms with Crippen molar-refractivity contribution in [3.05, 3.63) is 23.0 Å². The quantitative estimate of drug-likeness (QED) is 0.844. The van der Waals surface area contributed by atoms with Gasteiger partial charge in [-0.25, -0.2) is 5.01 Å². The van der Waals surface area contributed by atoms with Gasteiger partial charge in [0.05, 0.1) is 0 Å². The smallest absolute Gasteiger partial charge is 0.0371 e. The van der Waals surface area contributed by atoms with Gasteiger partial charge in [0.1, 0.15) is 0 Å². The molecule has 3 nitrogen and oxygen atoms in total.